The molecule has 0 bridgehead atoms. The number of piperidine rings is 1. The number of rotatable bonds is 4. The summed E-state index contributed by atoms with van der Waals surface area (Å²) in [7, 11) is 1.58. The summed E-state index contributed by atoms with van der Waals surface area (Å²) in [4.78, 5) is 13.1. The van der Waals surface area contributed by atoms with E-state index in [1.54, 1.807) is 18.9 Å². The number of aliphatic hydroxyl groups is 1. The molecule has 1 aromatic rings. The van der Waals surface area contributed by atoms with Crippen LogP contribution in [0.5, 0.6) is 0 Å². The summed E-state index contributed by atoms with van der Waals surface area (Å²) in [5.74, 6) is -0.840. The highest BCUT2D eigenvalue weighted by atomic mass is 16.5. The van der Waals surface area contributed by atoms with Crippen molar-refractivity contribution < 1.29 is 23.8 Å². The molecule has 1 N–H and O–H groups in total. The summed E-state index contributed by atoms with van der Waals surface area (Å²) in [6, 6.07) is 0.184. The van der Waals surface area contributed by atoms with Gasteiger partial charge < -0.3 is 23.9 Å². The second kappa shape index (κ2) is 5.98. The number of anilines is 1. The van der Waals surface area contributed by atoms with Gasteiger partial charge in [-0.25, -0.2) is 4.79 Å². The average Bonchev–Trinajstić information content (AvgIpc) is 2.88. The number of β-amino-alcohol motifs (C(OH)–C–C–N with tert-alkyl or cyclic N) is 1. The lowest BCUT2D eigenvalue weighted by Crippen LogP contribution is -2.46. The molecule has 2 atom stereocenters. The van der Waals surface area contributed by atoms with Crippen LogP contribution in [0.3, 0.4) is 0 Å². The zero-order valence-electron chi connectivity index (χ0n) is 10.9. The Morgan fingerprint density at radius 3 is 3.00 bits per heavy atom. The van der Waals surface area contributed by atoms with Crippen molar-refractivity contribution in [1.82, 2.24) is 10.2 Å². The van der Waals surface area contributed by atoms with E-state index in [9.17, 15) is 9.90 Å². The molecule has 0 amide bonds. The van der Waals surface area contributed by atoms with Crippen LogP contribution in [0.25, 0.3) is 0 Å². The quantitative estimate of drug-likeness (QED) is 0.754. The maximum absolute atomic E-state index is 11.4. The summed E-state index contributed by atoms with van der Waals surface area (Å²) in [5, 5.41) is 17.2. The second-order valence-corrected chi connectivity index (χ2v) is 4.26. The Bertz CT molecular complexity index is 436. The van der Waals surface area contributed by atoms with Gasteiger partial charge in [-0.05, 0) is 6.92 Å². The lowest BCUT2D eigenvalue weighted by atomic mass is 10.1. The Balaban J connectivity index is 2.07. The molecule has 0 radical (unpaired) electrons. The second-order valence-electron chi connectivity index (χ2n) is 4.26. The van der Waals surface area contributed by atoms with Crippen molar-refractivity contribution in [2.45, 2.75) is 25.6 Å². The lowest BCUT2D eigenvalue weighted by molar-refractivity contribution is 0.0312. The van der Waals surface area contributed by atoms with Gasteiger partial charge in [0.1, 0.15) is 0 Å². The molecule has 0 unspecified atom stereocenters. The Kier molecular flexibility index (Phi) is 4.33. The van der Waals surface area contributed by atoms with Crippen LogP contribution in [0, 0.1) is 0 Å². The van der Waals surface area contributed by atoms with E-state index in [2.05, 4.69) is 10.2 Å². The topological polar surface area (TPSA) is 97.9 Å². The van der Waals surface area contributed by atoms with E-state index in [-0.39, 0.29) is 24.6 Å². The predicted molar refractivity (Wildman–Crippen MR) is 63.9 cm³/mol. The molecule has 2 heterocycles. The first-order valence-corrected chi connectivity index (χ1v) is 6.10. The fourth-order valence-electron chi connectivity index (χ4n) is 1.97. The van der Waals surface area contributed by atoms with Crippen LogP contribution in [0.1, 0.15) is 24.0 Å². The van der Waals surface area contributed by atoms with Crippen LogP contribution >= 0.6 is 0 Å². The van der Waals surface area contributed by atoms with E-state index >= 15 is 0 Å². The summed E-state index contributed by atoms with van der Waals surface area (Å²) in [6.07, 6.45) is -0.0790. The van der Waals surface area contributed by atoms with E-state index in [0.717, 1.165) is 0 Å². The number of aromatic nitrogens is 2. The molecule has 1 aliphatic heterocycles. The number of esters is 1. The molecular formula is C11H17N3O5. The summed E-state index contributed by atoms with van der Waals surface area (Å²) in [5.41, 5.74) is 0. The Morgan fingerprint density at radius 2 is 2.32 bits per heavy atom. The number of aliphatic hydroxyl groups excluding tert-OH is 1. The molecule has 8 nitrogen and oxygen atoms in total. The van der Waals surface area contributed by atoms with Crippen molar-refractivity contribution in [3.8, 4) is 0 Å². The highest BCUT2D eigenvalue weighted by Gasteiger charge is 2.29. The largest absolute Gasteiger partial charge is 0.459 e. The van der Waals surface area contributed by atoms with Gasteiger partial charge in [-0.2, -0.15) is 0 Å². The van der Waals surface area contributed by atoms with Crippen molar-refractivity contribution in [2.75, 3.05) is 31.7 Å². The third-order valence-corrected chi connectivity index (χ3v) is 2.86. The minimum Gasteiger partial charge on any atom is -0.459 e. The van der Waals surface area contributed by atoms with Crippen LogP contribution in [-0.4, -0.2) is 60.3 Å². The Hall–Kier alpha value is -1.67. The standard InChI is InChI=1S/C11H17N3O5/c1-3-18-10(16)9-12-13-11(19-9)14-5-7(15)4-8(6-14)17-2/h7-8,15H,3-6H2,1-2H3/t7-,8-/m0/s1. The molecule has 0 aliphatic carbocycles. The van der Waals surface area contributed by atoms with E-state index < -0.39 is 12.1 Å². The highest BCUT2D eigenvalue weighted by molar-refractivity contribution is 5.84. The number of nitrogens with zero attached hydrogens (tertiary/aromatic N) is 3. The summed E-state index contributed by atoms with van der Waals surface area (Å²) in [6.45, 7) is 2.83. The van der Waals surface area contributed by atoms with Gasteiger partial charge in [-0.15, -0.1) is 0 Å². The first-order valence-electron chi connectivity index (χ1n) is 6.10. The monoisotopic (exact) mass is 271 g/mol. The average molecular weight is 271 g/mol. The van der Waals surface area contributed by atoms with Gasteiger partial charge in [0.15, 0.2) is 0 Å². The smallest absolute Gasteiger partial charge is 0.396 e. The maximum atomic E-state index is 11.4. The summed E-state index contributed by atoms with van der Waals surface area (Å²) >= 11 is 0. The maximum Gasteiger partial charge on any atom is 0.396 e. The minimum atomic E-state index is -0.651. The molecule has 106 valence electrons. The molecule has 19 heavy (non-hydrogen) atoms. The molecule has 1 saturated heterocycles. The zero-order valence-corrected chi connectivity index (χ0v) is 10.9. The van der Waals surface area contributed by atoms with Crippen molar-refractivity contribution in [3.05, 3.63) is 5.89 Å². The van der Waals surface area contributed by atoms with Crippen molar-refractivity contribution in [2.24, 2.45) is 0 Å². The molecule has 8 heteroatoms. The molecule has 0 saturated carbocycles. The Morgan fingerprint density at radius 1 is 1.53 bits per heavy atom. The van der Waals surface area contributed by atoms with Gasteiger partial charge in [-0.3, -0.25) is 0 Å². The van der Waals surface area contributed by atoms with Gasteiger partial charge >= 0.3 is 17.9 Å². The lowest BCUT2D eigenvalue weighted by Gasteiger charge is -2.33. The number of carbonyl (C=O) groups excluding carboxylic acids is 1. The van der Waals surface area contributed by atoms with Gasteiger partial charge in [0, 0.05) is 26.6 Å². The molecule has 1 aliphatic rings. The van der Waals surface area contributed by atoms with Gasteiger partial charge in [0.25, 0.3) is 0 Å². The van der Waals surface area contributed by atoms with Gasteiger partial charge in [-0.1, -0.05) is 10.2 Å². The van der Waals surface area contributed by atoms with Crippen LogP contribution in [0.15, 0.2) is 4.42 Å². The summed E-state index contributed by atoms with van der Waals surface area (Å²) < 4.78 is 15.2. The van der Waals surface area contributed by atoms with E-state index in [4.69, 9.17) is 13.9 Å². The first-order chi connectivity index (χ1) is 9.13. The van der Waals surface area contributed by atoms with Crippen LogP contribution in [0.2, 0.25) is 0 Å². The zero-order chi connectivity index (χ0) is 13.8. The van der Waals surface area contributed by atoms with Gasteiger partial charge in [0.2, 0.25) is 0 Å². The molecule has 1 aromatic heterocycles. The molecule has 2 rings (SSSR count). The van der Waals surface area contributed by atoms with Crippen LogP contribution in [0.4, 0.5) is 6.01 Å². The number of hydrogen-bond donors (Lipinski definition) is 1. The normalized spacial score (nSPS) is 23.4. The SMILES string of the molecule is CCOC(=O)c1nnc(N2C[C@@H](O)C[C@H](OC)C2)o1. The number of ether oxygens (including phenoxy) is 2. The number of carbonyl (C=O) groups is 1. The highest BCUT2D eigenvalue weighted by Crippen LogP contribution is 2.20. The third-order valence-electron chi connectivity index (χ3n) is 2.86. The number of hydrogen-bond acceptors (Lipinski definition) is 8. The minimum absolute atomic E-state index is 0.110. The fourth-order valence-corrected chi connectivity index (χ4v) is 1.97. The van der Waals surface area contributed by atoms with Crippen LogP contribution in [-0.2, 0) is 9.47 Å². The van der Waals surface area contributed by atoms with E-state index in [1.165, 1.54) is 0 Å². The number of methoxy groups -OCH3 is 1. The first kappa shape index (κ1) is 13.8. The molecular weight excluding hydrogens is 254 g/mol. The van der Waals surface area contributed by atoms with E-state index in [0.29, 0.717) is 19.5 Å². The third kappa shape index (κ3) is 3.21. The molecule has 0 aromatic carbocycles. The fraction of sp³-hybridized carbons (Fsp3) is 0.727. The Labute approximate surface area is 110 Å². The van der Waals surface area contributed by atoms with Crippen molar-refractivity contribution in [3.63, 3.8) is 0 Å². The van der Waals surface area contributed by atoms with Crippen LogP contribution < -0.4 is 4.90 Å². The molecule has 0 spiro atoms. The predicted octanol–water partition coefficient (Wildman–Crippen LogP) is -0.168. The molecule has 1 fully saturated rings. The van der Waals surface area contributed by atoms with E-state index in [1.807, 2.05) is 0 Å². The van der Waals surface area contributed by atoms with Gasteiger partial charge in [0.05, 0.1) is 18.8 Å². The van der Waals surface area contributed by atoms with Crippen molar-refractivity contribution >= 4 is 12.0 Å². The van der Waals surface area contributed by atoms with Crippen molar-refractivity contribution in [1.29, 1.82) is 0 Å².